The average molecular weight is 216 g/mol. The van der Waals surface area contributed by atoms with E-state index in [0.717, 1.165) is 25.7 Å². The Balaban J connectivity index is 1.97. The molecular formula is C15H20O. The molecule has 1 aromatic carbocycles. The zero-order valence-corrected chi connectivity index (χ0v) is 10.0. The van der Waals surface area contributed by atoms with Gasteiger partial charge in [-0.2, -0.15) is 0 Å². The molecule has 0 N–H and O–H groups in total. The molecule has 0 radical (unpaired) electrons. The van der Waals surface area contributed by atoms with E-state index in [1.54, 1.807) is 0 Å². The number of benzene rings is 1. The van der Waals surface area contributed by atoms with Gasteiger partial charge in [-0.05, 0) is 37.7 Å². The van der Waals surface area contributed by atoms with Crippen molar-refractivity contribution in [2.75, 3.05) is 0 Å². The predicted molar refractivity (Wildman–Crippen MR) is 66.5 cm³/mol. The van der Waals surface area contributed by atoms with Crippen LogP contribution in [0.3, 0.4) is 0 Å². The molecule has 0 saturated heterocycles. The Hall–Kier alpha value is -1.11. The predicted octanol–water partition coefficient (Wildman–Crippen LogP) is 3.69. The first-order valence-electron chi connectivity index (χ1n) is 6.31. The van der Waals surface area contributed by atoms with Crippen molar-refractivity contribution in [3.63, 3.8) is 0 Å². The largest absolute Gasteiger partial charge is 0.300 e. The van der Waals surface area contributed by atoms with Crippen LogP contribution in [0.1, 0.15) is 43.2 Å². The lowest BCUT2D eigenvalue weighted by atomic mass is 9.92. The highest BCUT2D eigenvalue weighted by molar-refractivity contribution is 5.78. The van der Waals surface area contributed by atoms with E-state index in [4.69, 9.17) is 0 Å². The van der Waals surface area contributed by atoms with Crippen molar-refractivity contribution in [3.8, 4) is 0 Å². The second-order valence-corrected chi connectivity index (χ2v) is 5.04. The third-order valence-corrected chi connectivity index (χ3v) is 3.48. The van der Waals surface area contributed by atoms with Crippen molar-refractivity contribution in [1.29, 1.82) is 0 Å². The first kappa shape index (κ1) is 11.4. The first-order valence-corrected chi connectivity index (χ1v) is 6.31. The normalized spacial score (nSPS) is 21.8. The van der Waals surface area contributed by atoms with Crippen LogP contribution in [0.25, 0.3) is 0 Å². The standard InChI is InChI=1S/C15H20O/c1-12-6-8-13(9-7-12)10-14-4-2-3-5-15(16)11-14/h6-9,14H,2-5,10-11H2,1H3. The first-order chi connectivity index (χ1) is 7.74. The summed E-state index contributed by atoms with van der Waals surface area (Å²) in [6.45, 7) is 2.11. The Labute approximate surface area is 97.9 Å². The van der Waals surface area contributed by atoms with Gasteiger partial charge in [-0.15, -0.1) is 0 Å². The summed E-state index contributed by atoms with van der Waals surface area (Å²) in [5.74, 6) is 1.05. The lowest BCUT2D eigenvalue weighted by molar-refractivity contribution is -0.119. The fraction of sp³-hybridized carbons (Fsp3) is 0.533. The van der Waals surface area contributed by atoms with Crippen LogP contribution in [-0.4, -0.2) is 5.78 Å². The Morgan fingerprint density at radius 2 is 1.94 bits per heavy atom. The molecule has 0 aromatic heterocycles. The molecule has 1 atom stereocenters. The van der Waals surface area contributed by atoms with Gasteiger partial charge >= 0.3 is 0 Å². The van der Waals surface area contributed by atoms with Crippen molar-refractivity contribution < 1.29 is 4.79 Å². The smallest absolute Gasteiger partial charge is 0.133 e. The maximum Gasteiger partial charge on any atom is 0.133 e. The monoisotopic (exact) mass is 216 g/mol. The second-order valence-electron chi connectivity index (χ2n) is 5.04. The minimum Gasteiger partial charge on any atom is -0.300 e. The van der Waals surface area contributed by atoms with E-state index >= 15 is 0 Å². The van der Waals surface area contributed by atoms with Crippen LogP contribution in [0.4, 0.5) is 0 Å². The zero-order valence-electron chi connectivity index (χ0n) is 10.0. The van der Waals surface area contributed by atoms with Crippen LogP contribution >= 0.6 is 0 Å². The van der Waals surface area contributed by atoms with Gasteiger partial charge in [0.25, 0.3) is 0 Å². The van der Waals surface area contributed by atoms with Gasteiger partial charge in [0.05, 0.1) is 0 Å². The number of rotatable bonds is 2. The lowest BCUT2D eigenvalue weighted by Crippen LogP contribution is -2.08. The summed E-state index contributed by atoms with van der Waals surface area (Å²) in [7, 11) is 0. The van der Waals surface area contributed by atoms with Gasteiger partial charge in [-0.1, -0.05) is 36.2 Å². The number of ketones is 1. The summed E-state index contributed by atoms with van der Waals surface area (Å²) in [5, 5.41) is 0. The van der Waals surface area contributed by atoms with Crippen LogP contribution in [-0.2, 0) is 11.2 Å². The van der Waals surface area contributed by atoms with E-state index in [1.165, 1.54) is 24.0 Å². The molecule has 0 heterocycles. The average Bonchev–Trinajstić information content (AvgIpc) is 2.46. The van der Waals surface area contributed by atoms with E-state index in [0.29, 0.717) is 11.7 Å². The minimum absolute atomic E-state index is 0.467. The van der Waals surface area contributed by atoms with Gasteiger partial charge < -0.3 is 0 Å². The van der Waals surface area contributed by atoms with Crippen molar-refractivity contribution in [2.45, 2.75) is 45.4 Å². The van der Waals surface area contributed by atoms with Crippen LogP contribution < -0.4 is 0 Å². The maximum absolute atomic E-state index is 11.5. The van der Waals surface area contributed by atoms with Crippen molar-refractivity contribution in [2.24, 2.45) is 5.92 Å². The maximum atomic E-state index is 11.5. The summed E-state index contributed by atoms with van der Waals surface area (Å²) in [6, 6.07) is 8.72. The fourth-order valence-corrected chi connectivity index (χ4v) is 2.51. The molecule has 1 unspecified atom stereocenters. The van der Waals surface area contributed by atoms with E-state index < -0.39 is 0 Å². The summed E-state index contributed by atoms with van der Waals surface area (Å²) < 4.78 is 0. The Morgan fingerprint density at radius 1 is 1.19 bits per heavy atom. The molecule has 86 valence electrons. The lowest BCUT2D eigenvalue weighted by Gasteiger charge is -2.13. The quantitative estimate of drug-likeness (QED) is 0.689. The van der Waals surface area contributed by atoms with Gasteiger partial charge in [0.15, 0.2) is 0 Å². The minimum atomic E-state index is 0.467. The molecule has 0 spiro atoms. The van der Waals surface area contributed by atoms with E-state index in [9.17, 15) is 4.79 Å². The number of hydrogen-bond donors (Lipinski definition) is 0. The summed E-state index contributed by atoms with van der Waals surface area (Å²) in [4.78, 5) is 11.5. The third-order valence-electron chi connectivity index (χ3n) is 3.48. The molecule has 1 aliphatic rings. The molecule has 1 fully saturated rings. The van der Waals surface area contributed by atoms with Crippen LogP contribution in [0, 0.1) is 12.8 Å². The molecule has 0 amide bonds. The molecule has 16 heavy (non-hydrogen) atoms. The highest BCUT2D eigenvalue weighted by Crippen LogP contribution is 2.24. The summed E-state index contributed by atoms with van der Waals surface area (Å²) in [5.41, 5.74) is 2.69. The van der Waals surface area contributed by atoms with Gasteiger partial charge in [0, 0.05) is 12.8 Å². The SMILES string of the molecule is Cc1ccc(CC2CCCCC(=O)C2)cc1. The summed E-state index contributed by atoms with van der Waals surface area (Å²) in [6.07, 6.45) is 6.23. The number of aryl methyl sites for hydroxylation is 1. The third kappa shape index (κ3) is 3.19. The number of Topliss-reactive ketones (excluding diaryl/α,β-unsaturated/α-hetero) is 1. The Morgan fingerprint density at radius 3 is 2.69 bits per heavy atom. The van der Waals surface area contributed by atoms with Crippen molar-refractivity contribution in [1.82, 2.24) is 0 Å². The molecule has 1 heteroatoms. The van der Waals surface area contributed by atoms with E-state index in [2.05, 4.69) is 31.2 Å². The topological polar surface area (TPSA) is 17.1 Å². The number of carbonyl (C=O) groups excluding carboxylic acids is 1. The Bertz CT molecular complexity index is 350. The molecule has 1 saturated carbocycles. The van der Waals surface area contributed by atoms with Gasteiger partial charge in [0.1, 0.15) is 5.78 Å². The molecule has 0 aliphatic heterocycles. The molecule has 1 aliphatic carbocycles. The van der Waals surface area contributed by atoms with Gasteiger partial charge in [-0.3, -0.25) is 4.79 Å². The molecule has 1 nitrogen and oxygen atoms in total. The molecule has 0 bridgehead atoms. The zero-order chi connectivity index (χ0) is 11.4. The van der Waals surface area contributed by atoms with Gasteiger partial charge in [-0.25, -0.2) is 0 Å². The van der Waals surface area contributed by atoms with Gasteiger partial charge in [0.2, 0.25) is 0 Å². The second kappa shape index (κ2) is 5.29. The Kier molecular flexibility index (Phi) is 3.76. The highest BCUT2D eigenvalue weighted by Gasteiger charge is 2.17. The van der Waals surface area contributed by atoms with Crippen LogP contribution in [0.5, 0.6) is 0 Å². The summed E-state index contributed by atoms with van der Waals surface area (Å²) >= 11 is 0. The van der Waals surface area contributed by atoms with Crippen molar-refractivity contribution >= 4 is 5.78 Å². The van der Waals surface area contributed by atoms with Crippen molar-refractivity contribution in [3.05, 3.63) is 35.4 Å². The molecular weight excluding hydrogens is 196 g/mol. The number of hydrogen-bond acceptors (Lipinski definition) is 1. The highest BCUT2D eigenvalue weighted by atomic mass is 16.1. The van der Waals surface area contributed by atoms with Crippen LogP contribution in [0.15, 0.2) is 24.3 Å². The number of carbonyl (C=O) groups is 1. The van der Waals surface area contributed by atoms with E-state index in [-0.39, 0.29) is 0 Å². The fourth-order valence-electron chi connectivity index (χ4n) is 2.51. The van der Waals surface area contributed by atoms with Crippen LogP contribution in [0.2, 0.25) is 0 Å². The molecule has 1 aromatic rings. The van der Waals surface area contributed by atoms with E-state index in [1.807, 2.05) is 0 Å². The molecule has 2 rings (SSSR count).